The van der Waals surface area contributed by atoms with E-state index in [4.69, 9.17) is 0 Å². The highest BCUT2D eigenvalue weighted by Gasteiger charge is 2.15. The van der Waals surface area contributed by atoms with Gasteiger partial charge in [-0.25, -0.2) is 0 Å². The Morgan fingerprint density at radius 3 is 2.92 bits per heavy atom. The number of hydrogen-bond acceptors (Lipinski definition) is 2. The first kappa shape index (κ1) is 9.78. The minimum atomic E-state index is -0.0340. The van der Waals surface area contributed by atoms with Crippen LogP contribution in [0.25, 0.3) is 0 Å². The average molecular weight is 177 g/mol. The first-order chi connectivity index (χ1) is 6.16. The number of benzene rings is 1. The van der Waals surface area contributed by atoms with E-state index in [-0.39, 0.29) is 17.5 Å². The van der Waals surface area contributed by atoms with E-state index in [1.807, 2.05) is 13.8 Å². The molecule has 2 nitrogen and oxygen atoms in total. The molecule has 0 aromatic heterocycles. The number of hydrogen-bond donors (Lipinski definition) is 1. The zero-order chi connectivity index (χ0) is 9.84. The topological polar surface area (TPSA) is 37.3 Å². The van der Waals surface area contributed by atoms with E-state index < -0.39 is 0 Å². The van der Waals surface area contributed by atoms with Gasteiger partial charge in [0.15, 0.2) is 5.78 Å². The Labute approximate surface area is 78.2 Å². The molecule has 1 atom stereocenters. The Morgan fingerprint density at radius 1 is 1.69 bits per heavy atom. The molecular formula is C11H13O2. The Bertz CT molecular complexity index is 305. The van der Waals surface area contributed by atoms with Crippen molar-refractivity contribution in [3.63, 3.8) is 0 Å². The molecule has 0 saturated carbocycles. The monoisotopic (exact) mass is 177 g/mol. The maximum atomic E-state index is 11.6. The Hall–Kier alpha value is -1.31. The quantitative estimate of drug-likeness (QED) is 0.720. The second kappa shape index (κ2) is 4.08. The molecule has 13 heavy (non-hydrogen) atoms. The van der Waals surface area contributed by atoms with Crippen molar-refractivity contribution in [1.29, 1.82) is 0 Å². The lowest BCUT2D eigenvalue weighted by Gasteiger charge is -2.08. The SMILES string of the molecule is CCC(C)C(=O)c1cc[c]cc1O. The second-order valence-electron chi connectivity index (χ2n) is 3.12. The van der Waals surface area contributed by atoms with Gasteiger partial charge in [-0.3, -0.25) is 4.79 Å². The van der Waals surface area contributed by atoms with Crippen molar-refractivity contribution in [1.82, 2.24) is 0 Å². The van der Waals surface area contributed by atoms with Crippen LogP contribution < -0.4 is 0 Å². The molecular weight excluding hydrogens is 164 g/mol. The van der Waals surface area contributed by atoms with E-state index in [0.717, 1.165) is 6.42 Å². The smallest absolute Gasteiger partial charge is 0.169 e. The summed E-state index contributed by atoms with van der Waals surface area (Å²) in [6, 6.07) is 7.36. The minimum absolute atomic E-state index is 0.00556. The molecule has 0 fully saturated rings. The molecule has 1 aromatic rings. The van der Waals surface area contributed by atoms with Crippen LogP contribution in [-0.4, -0.2) is 10.9 Å². The summed E-state index contributed by atoms with van der Waals surface area (Å²) in [7, 11) is 0. The lowest BCUT2D eigenvalue weighted by atomic mass is 9.97. The molecule has 1 unspecified atom stereocenters. The van der Waals surface area contributed by atoms with E-state index in [9.17, 15) is 9.90 Å². The molecule has 69 valence electrons. The van der Waals surface area contributed by atoms with Gasteiger partial charge in [-0.05, 0) is 24.6 Å². The van der Waals surface area contributed by atoms with Gasteiger partial charge in [0, 0.05) is 5.92 Å². The van der Waals surface area contributed by atoms with Crippen molar-refractivity contribution < 1.29 is 9.90 Å². The number of aromatic hydroxyl groups is 1. The summed E-state index contributed by atoms with van der Waals surface area (Å²) >= 11 is 0. The number of Topliss-reactive ketones (excluding diaryl/α,β-unsaturated/α-hetero) is 1. The molecule has 1 rings (SSSR count). The van der Waals surface area contributed by atoms with E-state index in [1.54, 1.807) is 12.1 Å². The van der Waals surface area contributed by atoms with Crippen molar-refractivity contribution in [3.8, 4) is 5.75 Å². The van der Waals surface area contributed by atoms with E-state index in [0.29, 0.717) is 5.56 Å². The molecule has 0 heterocycles. The number of phenols is 1. The molecule has 0 aliphatic rings. The normalized spacial score (nSPS) is 12.5. The zero-order valence-corrected chi connectivity index (χ0v) is 7.87. The van der Waals surface area contributed by atoms with Crippen LogP contribution >= 0.6 is 0 Å². The van der Waals surface area contributed by atoms with Crippen molar-refractivity contribution in [3.05, 3.63) is 29.8 Å². The maximum absolute atomic E-state index is 11.6. The third-order valence-corrected chi connectivity index (χ3v) is 2.17. The summed E-state index contributed by atoms with van der Waals surface area (Å²) in [5, 5.41) is 9.37. The predicted octanol–water partition coefficient (Wildman–Crippen LogP) is 2.42. The molecule has 2 heteroatoms. The fourth-order valence-electron chi connectivity index (χ4n) is 1.08. The molecule has 0 aliphatic heterocycles. The van der Waals surface area contributed by atoms with Crippen LogP contribution in [0.4, 0.5) is 0 Å². The summed E-state index contributed by atoms with van der Waals surface area (Å²) in [5.41, 5.74) is 0.396. The standard InChI is InChI=1S/C11H13O2/c1-3-8(2)11(13)9-6-4-5-7-10(9)12/h4,6-8,12H,3H2,1-2H3. The van der Waals surface area contributed by atoms with Gasteiger partial charge in [0.1, 0.15) is 5.75 Å². The van der Waals surface area contributed by atoms with E-state index in [2.05, 4.69) is 6.07 Å². The summed E-state index contributed by atoms with van der Waals surface area (Å²) in [5.74, 6) is -0.0184. The van der Waals surface area contributed by atoms with Gasteiger partial charge in [0.05, 0.1) is 5.56 Å². The summed E-state index contributed by atoms with van der Waals surface area (Å²) in [6.45, 7) is 3.81. The Morgan fingerprint density at radius 2 is 2.38 bits per heavy atom. The van der Waals surface area contributed by atoms with E-state index in [1.165, 1.54) is 6.07 Å². The Kier molecular flexibility index (Phi) is 3.07. The van der Waals surface area contributed by atoms with Gasteiger partial charge in [0.25, 0.3) is 0 Å². The number of carbonyl (C=O) groups excluding carboxylic acids is 1. The van der Waals surface area contributed by atoms with Crippen LogP contribution in [0.3, 0.4) is 0 Å². The van der Waals surface area contributed by atoms with Gasteiger partial charge in [-0.15, -0.1) is 0 Å². The predicted molar refractivity (Wildman–Crippen MR) is 50.7 cm³/mol. The average Bonchev–Trinajstić information content (AvgIpc) is 2.16. The van der Waals surface area contributed by atoms with Gasteiger partial charge in [-0.1, -0.05) is 19.9 Å². The molecule has 0 bridgehead atoms. The number of carbonyl (C=O) groups is 1. The van der Waals surface area contributed by atoms with Crippen LogP contribution in [0.1, 0.15) is 30.6 Å². The molecule has 1 aromatic carbocycles. The second-order valence-corrected chi connectivity index (χ2v) is 3.12. The van der Waals surface area contributed by atoms with E-state index >= 15 is 0 Å². The van der Waals surface area contributed by atoms with Gasteiger partial charge in [0.2, 0.25) is 0 Å². The molecule has 1 N–H and O–H groups in total. The molecule has 1 radical (unpaired) electrons. The highest BCUT2D eigenvalue weighted by molar-refractivity contribution is 5.99. The summed E-state index contributed by atoms with van der Waals surface area (Å²) in [6.07, 6.45) is 0.789. The van der Waals surface area contributed by atoms with Crippen LogP contribution in [0.15, 0.2) is 18.2 Å². The highest BCUT2D eigenvalue weighted by Crippen LogP contribution is 2.20. The van der Waals surface area contributed by atoms with Crippen molar-refractivity contribution in [2.45, 2.75) is 20.3 Å². The van der Waals surface area contributed by atoms with Crippen LogP contribution in [-0.2, 0) is 0 Å². The molecule has 0 aliphatic carbocycles. The third-order valence-electron chi connectivity index (χ3n) is 2.17. The summed E-state index contributed by atoms with van der Waals surface area (Å²) in [4.78, 5) is 11.6. The lowest BCUT2D eigenvalue weighted by molar-refractivity contribution is 0.0924. The number of ketones is 1. The lowest BCUT2D eigenvalue weighted by Crippen LogP contribution is -2.10. The number of rotatable bonds is 3. The van der Waals surface area contributed by atoms with Crippen molar-refractivity contribution >= 4 is 5.78 Å². The zero-order valence-electron chi connectivity index (χ0n) is 7.87. The highest BCUT2D eigenvalue weighted by atomic mass is 16.3. The van der Waals surface area contributed by atoms with Crippen molar-refractivity contribution in [2.24, 2.45) is 5.92 Å². The fourth-order valence-corrected chi connectivity index (χ4v) is 1.08. The molecule has 0 spiro atoms. The van der Waals surface area contributed by atoms with Crippen LogP contribution in [0.2, 0.25) is 0 Å². The van der Waals surface area contributed by atoms with Gasteiger partial charge < -0.3 is 5.11 Å². The summed E-state index contributed by atoms with van der Waals surface area (Å²) < 4.78 is 0. The molecule has 0 saturated heterocycles. The minimum Gasteiger partial charge on any atom is -0.507 e. The fraction of sp³-hybridized carbons (Fsp3) is 0.364. The third kappa shape index (κ3) is 2.08. The largest absolute Gasteiger partial charge is 0.507 e. The maximum Gasteiger partial charge on any atom is 0.169 e. The first-order valence-corrected chi connectivity index (χ1v) is 4.40. The van der Waals surface area contributed by atoms with Gasteiger partial charge in [-0.2, -0.15) is 0 Å². The van der Waals surface area contributed by atoms with Crippen LogP contribution in [0.5, 0.6) is 5.75 Å². The Balaban J connectivity index is 2.95. The van der Waals surface area contributed by atoms with Gasteiger partial charge >= 0.3 is 0 Å². The molecule has 0 amide bonds. The van der Waals surface area contributed by atoms with Crippen LogP contribution in [0, 0.1) is 12.0 Å². The number of phenolic OH excluding ortho intramolecular Hbond substituents is 1. The first-order valence-electron chi connectivity index (χ1n) is 4.40. The van der Waals surface area contributed by atoms with Crippen molar-refractivity contribution in [2.75, 3.05) is 0 Å².